The fraction of sp³-hybridized carbons (Fsp3) is 0.462. The van der Waals surface area contributed by atoms with Gasteiger partial charge in [0.1, 0.15) is 0 Å². The Kier molecular flexibility index (Phi) is 6.63. The number of hydrogen-bond acceptors (Lipinski definition) is 3. The molecule has 0 saturated carbocycles. The molecular formula is C13H18ClNOS. The van der Waals surface area contributed by atoms with Gasteiger partial charge < -0.3 is 4.90 Å². The molecule has 0 spiro atoms. The fourth-order valence-corrected chi connectivity index (χ4v) is 2.91. The summed E-state index contributed by atoms with van der Waals surface area (Å²) in [5, 5.41) is 0.535. The van der Waals surface area contributed by atoms with Crippen LogP contribution in [0.4, 0.5) is 0 Å². The summed E-state index contributed by atoms with van der Waals surface area (Å²) >= 11 is 7.66. The Morgan fingerprint density at radius 3 is 2.65 bits per heavy atom. The maximum atomic E-state index is 10.9. The van der Waals surface area contributed by atoms with E-state index >= 15 is 0 Å². The van der Waals surface area contributed by atoms with Crippen LogP contribution in [0.3, 0.4) is 0 Å². The van der Waals surface area contributed by atoms with E-state index < -0.39 is 0 Å². The van der Waals surface area contributed by atoms with E-state index in [2.05, 4.69) is 18.7 Å². The Hall–Kier alpha value is -0.510. The lowest BCUT2D eigenvalue weighted by molar-refractivity contribution is 0.112. The van der Waals surface area contributed by atoms with Crippen molar-refractivity contribution in [2.45, 2.75) is 18.7 Å². The van der Waals surface area contributed by atoms with Crippen molar-refractivity contribution in [1.82, 2.24) is 4.90 Å². The molecule has 0 bridgehead atoms. The van der Waals surface area contributed by atoms with E-state index in [1.807, 2.05) is 12.1 Å². The molecule has 4 heteroatoms. The standard InChI is InChI=1S/C13H18ClNOS/c1-3-15(4-2)8-9-17-13-7-5-6-12(14)11(13)10-16/h5-7,10H,3-4,8-9H2,1-2H3. The lowest BCUT2D eigenvalue weighted by atomic mass is 10.2. The van der Waals surface area contributed by atoms with Crippen LogP contribution in [0.15, 0.2) is 23.1 Å². The zero-order chi connectivity index (χ0) is 12.7. The summed E-state index contributed by atoms with van der Waals surface area (Å²) in [6, 6.07) is 5.58. The Bertz CT molecular complexity index is 366. The average Bonchev–Trinajstić information content (AvgIpc) is 2.35. The molecule has 0 aromatic heterocycles. The molecular weight excluding hydrogens is 254 g/mol. The maximum absolute atomic E-state index is 10.9. The minimum atomic E-state index is 0.535. The van der Waals surface area contributed by atoms with Gasteiger partial charge in [-0.2, -0.15) is 0 Å². The highest BCUT2D eigenvalue weighted by atomic mass is 35.5. The third-order valence-electron chi connectivity index (χ3n) is 2.69. The van der Waals surface area contributed by atoms with Crippen molar-refractivity contribution in [2.24, 2.45) is 0 Å². The molecule has 0 aliphatic heterocycles. The molecule has 0 aliphatic carbocycles. The van der Waals surface area contributed by atoms with Gasteiger partial charge in [-0.25, -0.2) is 0 Å². The Balaban J connectivity index is 2.57. The molecule has 0 unspecified atom stereocenters. The second kappa shape index (κ2) is 7.75. The normalized spacial score (nSPS) is 10.8. The van der Waals surface area contributed by atoms with Gasteiger partial charge >= 0.3 is 0 Å². The van der Waals surface area contributed by atoms with Gasteiger partial charge in [0.2, 0.25) is 0 Å². The Morgan fingerprint density at radius 1 is 1.35 bits per heavy atom. The van der Waals surface area contributed by atoms with Gasteiger partial charge in [-0.15, -0.1) is 11.8 Å². The van der Waals surface area contributed by atoms with Crippen LogP contribution in [0, 0.1) is 0 Å². The summed E-state index contributed by atoms with van der Waals surface area (Å²) in [6.07, 6.45) is 0.835. The van der Waals surface area contributed by atoms with E-state index in [0.29, 0.717) is 10.6 Å². The van der Waals surface area contributed by atoms with Crippen molar-refractivity contribution in [2.75, 3.05) is 25.4 Å². The number of halogens is 1. The van der Waals surface area contributed by atoms with Crippen molar-refractivity contribution in [3.8, 4) is 0 Å². The monoisotopic (exact) mass is 271 g/mol. The van der Waals surface area contributed by atoms with Gasteiger partial charge in [0.15, 0.2) is 6.29 Å². The Morgan fingerprint density at radius 2 is 2.06 bits per heavy atom. The summed E-state index contributed by atoms with van der Waals surface area (Å²) in [6.45, 7) is 7.47. The summed E-state index contributed by atoms with van der Waals surface area (Å²) in [5.41, 5.74) is 0.610. The Labute approximate surface area is 112 Å². The molecule has 0 fully saturated rings. The molecule has 0 radical (unpaired) electrons. The average molecular weight is 272 g/mol. The molecule has 0 aliphatic rings. The third kappa shape index (κ3) is 4.34. The second-order valence-corrected chi connectivity index (χ2v) is 5.19. The highest BCUT2D eigenvalue weighted by Crippen LogP contribution is 2.26. The van der Waals surface area contributed by atoms with Crippen LogP contribution in [-0.4, -0.2) is 36.6 Å². The highest BCUT2D eigenvalue weighted by Gasteiger charge is 2.07. The van der Waals surface area contributed by atoms with Crippen molar-refractivity contribution >= 4 is 29.6 Å². The van der Waals surface area contributed by atoms with Gasteiger partial charge in [-0.1, -0.05) is 31.5 Å². The number of benzene rings is 1. The highest BCUT2D eigenvalue weighted by molar-refractivity contribution is 7.99. The van der Waals surface area contributed by atoms with Crippen LogP contribution in [-0.2, 0) is 0 Å². The second-order valence-electron chi connectivity index (χ2n) is 3.64. The lowest BCUT2D eigenvalue weighted by Crippen LogP contribution is -2.25. The first-order valence-corrected chi connectivity index (χ1v) is 7.18. The molecule has 1 aromatic carbocycles. The van der Waals surface area contributed by atoms with Gasteiger partial charge in [0.25, 0.3) is 0 Å². The molecule has 0 heterocycles. The van der Waals surface area contributed by atoms with E-state index in [4.69, 9.17) is 11.6 Å². The number of rotatable bonds is 7. The fourth-order valence-electron chi connectivity index (χ4n) is 1.58. The SMILES string of the molecule is CCN(CC)CCSc1cccc(Cl)c1C=O. The van der Waals surface area contributed by atoms with Gasteiger partial charge in [0, 0.05) is 22.8 Å². The molecule has 0 atom stereocenters. The number of thioether (sulfide) groups is 1. The van der Waals surface area contributed by atoms with Crippen LogP contribution in [0.25, 0.3) is 0 Å². The van der Waals surface area contributed by atoms with Crippen LogP contribution in [0.1, 0.15) is 24.2 Å². The summed E-state index contributed by atoms with van der Waals surface area (Å²) in [7, 11) is 0. The van der Waals surface area contributed by atoms with Gasteiger partial charge in [0.05, 0.1) is 5.02 Å². The molecule has 0 saturated heterocycles. The molecule has 1 rings (SSSR count). The zero-order valence-electron chi connectivity index (χ0n) is 10.3. The first-order valence-electron chi connectivity index (χ1n) is 5.81. The minimum absolute atomic E-state index is 0.535. The number of nitrogens with zero attached hydrogens (tertiary/aromatic N) is 1. The topological polar surface area (TPSA) is 20.3 Å². The lowest BCUT2D eigenvalue weighted by Gasteiger charge is -2.17. The maximum Gasteiger partial charge on any atom is 0.152 e. The summed E-state index contributed by atoms with van der Waals surface area (Å²) in [5.74, 6) is 0.975. The predicted molar refractivity (Wildman–Crippen MR) is 75.4 cm³/mol. The number of carbonyl (C=O) groups excluding carboxylic acids is 1. The van der Waals surface area contributed by atoms with Gasteiger partial charge in [-0.3, -0.25) is 4.79 Å². The largest absolute Gasteiger partial charge is 0.303 e. The smallest absolute Gasteiger partial charge is 0.152 e. The third-order valence-corrected chi connectivity index (χ3v) is 4.07. The van der Waals surface area contributed by atoms with E-state index in [9.17, 15) is 4.79 Å². The zero-order valence-corrected chi connectivity index (χ0v) is 11.9. The molecule has 0 N–H and O–H groups in total. The van der Waals surface area contributed by atoms with E-state index in [1.54, 1.807) is 17.8 Å². The summed E-state index contributed by atoms with van der Waals surface area (Å²) < 4.78 is 0. The van der Waals surface area contributed by atoms with E-state index in [1.165, 1.54) is 0 Å². The predicted octanol–water partition coefficient (Wildman–Crippen LogP) is 3.59. The van der Waals surface area contributed by atoms with E-state index in [-0.39, 0.29) is 0 Å². The molecule has 1 aromatic rings. The van der Waals surface area contributed by atoms with Crippen molar-refractivity contribution < 1.29 is 4.79 Å². The number of carbonyl (C=O) groups is 1. The molecule has 94 valence electrons. The van der Waals surface area contributed by atoms with Crippen LogP contribution in [0.2, 0.25) is 5.02 Å². The van der Waals surface area contributed by atoms with Crippen molar-refractivity contribution in [3.05, 3.63) is 28.8 Å². The quantitative estimate of drug-likeness (QED) is 0.558. The first-order chi connectivity index (χ1) is 8.22. The number of aldehydes is 1. The van der Waals surface area contributed by atoms with Crippen LogP contribution < -0.4 is 0 Å². The van der Waals surface area contributed by atoms with E-state index in [0.717, 1.165) is 36.6 Å². The first kappa shape index (κ1) is 14.6. The molecule has 0 amide bonds. The van der Waals surface area contributed by atoms with Crippen molar-refractivity contribution in [3.63, 3.8) is 0 Å². The van der Waals surface area contributed by atoms with Gasteiger partial charge in [-0.05, 0) is 25.2 Å². The number of hydrogen-bond donors (Lipinski definition) is 0. The molecule has 17 heavy (non-hydrogen) atoms. The summed E-state index contributed by atoms with van der Waals surface area (Å²) in [4.78, 5) is 14.3. The van der Waals surface area contributed by atoms with Crippen LogP contribution in [0.5, 0.6) is 0 Å². The van der Waals surface area contributed by atoms with Crippen molar-refractivity contribution in [1.29, 1.82) is 0 Å². The van der Waals surface area contributed by atoms with Crippen LogP contribution >= 0.6 is 23.4 Å². The molecule has 2 nitrogen and oxygen atoms in total. The minimum Gasteiger partial charge on any atom is -0.303 e.